The maximum absolute atomic E-state index is 12.0. The molecule has 0 atom stereocenters. The van der Waals surface area contributed by atoms with Gasteiger partial charge in [-0.2, -0.15) is 0 Å². The monoisotopic (exact) mass is 281 g/mol. The van der Waals surface area contributed by atoms with Crippen LogP contribution in [0.3, 0.4) is 0 Å². The van der Waals surface area contributed by atoms with Crippen LogP contribution in [-0.4, -0.2) is 39.9 Å². The zero-order valence-corrected chi connectivity index (χ0v) is 11.9. The molecular formula is C12H19N5O3. The molecule has 0 aliphatic heterocycles. The van der Waals surface area contributed by atoms with E-state index in [0.29, 0.717) is 37.4 Å². The fourth-order valence-electron chi connectivity index (χ4n) is 2.24. The van der Waals surface area contributed by atoms with Crippen LogP contribution < -0.4 is 16.6 Å². The molecule has 8 heteroatoms. The summed E-state index contributed by atoms with van der Waals surface area (Å²) in [5.41, 5.74) is -0.0389. The molecule has 0 saturated heterocycles. The van der Waals surface area contributed by atoms with Gasteiger partial charge >= 0.3 is 5.69 Å². The number of ether oxygens (including phenoxy) is 1. The van der Waals surface area contributed by atoms with E-state index in [1.54, 1.807) is 7.11 Å². The fraction of sp³-hybridized carbons (Fsp3) is 0.583. The lowest BCUT2D eigenvalue weighted by molar-refractivity contribution is 0.187. The number of rotatable bonds is 6. The second kappa shape index (κ2) is 6.02. The summed E-state index contributed by atoms with van der Waals surface area (Å²) in [7, 11) is 3.37. The third-order valence-electron chi connectivity index (χ3n) is 3.13. The Bertz CT molecular complexity index is 712. The van der Waals surface area contributed by atoms with E-state index < -0.39 is 11.2 Å². The first-order valence-corrected chi connectivity index (χ1v) is 6.49. The second-order valence-electron chi connectivity index (χ2n) is 4.38. The van der Waals surface area contributed by atoms with Gasteiger partial charge in [-0.05, 0) is 14.0 Å². The Morgan fingerprint density at radius 1 is 1.35 bits per heavy atom. The van der Waals surface area contributed by atoms with E-state index in [0.717, 1.165) is 5.82 Å². The van der Waals surface area contributed by atoms with Crippen molar-refractivity contribution in [3.8, 4) is 0 Å². The van der Waals surface area contributed by atoms with Crippen LogP contribution in [0.2, 0.25) is 0 Å². The molecule has 0 spiro atoms. The van der Waals surface area contributed by atoms with Crippen molar-refractivity contribution in [2.75, 3.05) is 20.8 Å². The number of imidazole rings is 1. The van der Waals surface area contributed by atoms with Crippen molar-refractivity contribution >= 4 is 11.2 Å². The first kappa shape index (κ1) is 14.5. The first-order chi connectivity index (χ1) is 9.63. The molecule has 2 N–H and O–H groups in total. The fourth-order valence-corrected chi connectivity index (χ4v) is 2.24. The second-order valence-corrected chi connectivity index (χ2v) is 4.38. The summed E-state index contributed by atoms with van der Waals surface area (Å²) in [4.78, 5) is 30.7. The van der Waals surface area contributed by atoms with Crippen LogP contribution in [0.4, 0.5) is 0 Å². The quantitative estimate of drug-likeness (QED) is 0.728. The Hall–Kier alpha value is -1.93. The summed E-state index contributed by atoms with van der Waals surface area (Å²) in [5.74, 6) is 0.729. The number of hydrogen-bond donors (Lipinski definition) is 2. The molecule has 2 aromatic rings. The lowest BCUT2D eigenvalue weighted by Gasteiger charge is -2.06. The molecule has 0 amide bonds. The highest BCUT2D eigenvalue weighted by Crippen LogP contribution is 2.11. The lowest BCUT2D eigenvalue weighted by atomic mass is 10.4. The van der Waals surface area contributed by atoms with Gasteiger partial charge in [0.1, 0.15) is 5.82 Å². The SMILES string of the molecule is CCn1c(CNC)nc2c1c(=O)[nH]c(=O)n2CCOC. The number of methoxy groups -OCH3 is 1. The highest BCUT2D eigenvalue weighted by Gasteiger charge is 2.16. The number of aryl methyl sites for hydroxylation is 1. The van der Waals surface area contributed by atoms with Gasteiger partial charge in [-0.25, -0.2) is 9.78 Å². The molecule has 2 heterocycles. The van der Waals surface area contributed by atoms with Gasteiger partial charge in [0.05, 0.1) is 19.7 Å². The number of fused-ring (bicyclic) bond motifs is 1. The van der Waals surface area contributed by atoms with Crippen LogP contribution in [0.15, 0.2) is 9.59 Å². The van der Waals surface area contributed by atoms with Gasteiger partial charge in [0.2, 0.25) is 0 Å². The number of H-pyrrole nitrogens is 1. The van der Waals surface area contributed by atoms with E-state index in [1.165, 1.54) is 4.57 Å². The van der Waals surface area contributed by atoms with Gasteiger partial charge in [-0.15, -0.1) is 0 Å². The maximum Gasteiger partial charge on any atom is 0.330 e. The standard InChI is InChI=1S/C12H19N5O3/c1-4-16-8(7-13-2)14-10-9(16)11(18)15-12(19)17(10)5-6-20-3/h13H,4-7H2,1-3H3,(H,15,18,19). The summed E-state index contributed by atoms with van der Waals surface area (Å²) in [5, 5.41) is 3.01. The van der Waals surface area contributed by atoms with Crippen molar-refractivity contribution in [3.05, 3.63) is 26.7 Å². The zero-order chi connectivity index (χ0) is 14.7. The Labute approximate surface area is 115 Å². The van der Waals surface area contributed by atoms with Gasteiger partial charge < -0.3 is 14.6 Å². The van der Waals surface area contributed by atoms with Crippen molar-refractivity contribution in [1.29, 1.82) is 0 Å². The molecule has 0 radical (unpaired) electrons. The summed E-state index contributed by atoms with van der Waals surface area (Å²) in [6.45, 7) is 3.80. The maximum atomic E-state index is 12.0. The van der Waals surface area contributed by atoms with E-state index in [1.807, 2.05) is 18.5 Å². The van der Waals surface area contributed by atoms with Gasteiger partial charge in [0.25, 0.3) is 5.56 Å². The molecule has 0 aliphatic rings. The number of nitrogens with zero attached hydrogens (tertiary/aromatic N) is 3. The van der Waals surface area contributed by atoms with Crippen molar-refractivity contribution in [1.82, 2.24) is 24.4 Å². The molecular weight excluding hydrogens is 262 g/mol. The highest BCUT2D eigenvalue weighted by atomic mass is 16.5. The third kappa shape index (κ3) is 2.39. The Kier molecular flexibility index (Phi) is 4.35. The van der Waals surface area contributed by atoms with E-state index >= 15 is 0 Å². The summed E-state index contributed by atoms with van der Waals surface area (Å²) in [6.07, 6.45) is 0. The largest absolute Gasteiger partial charge is 0.383 e. The number of aromatic nitrogens is 4. The normalized spacial score (nSPS) is 11.3. The molecule has 0 bridgehead atoms. The van der Waals surface area contributed by atoms with Gasteiger partial charge in [0.15, 0.2) is 11.2 Å². The van der Waals surface area contributed by atoms with E-state index in [4.69, 9.17) is 4.74 Å². The van der Waals surface area contributed by atoms with Crippen molar-refractivity contribution < 1.29 is 4.74 Å². The molecule has 2 aromatic heterocycles. The summed E-state index contributed by atoms with van der Waals surface area (Å²) >= 11 is 0. The Morgan fingerprint density at radius 2 is 2.10 bits per heavy atom. The smallest absolute Gasteiger partial charge is 0.330 e. The topological polar surface area (TPSA) is 93.9 Å². The van der Waals surface area contributed by atoms with Gasteiger partial charge in [-0.3, -0.25) is 14.3 Å². The minimum Gasteiger partial charge on any atom is -0.383 e. The number of nitrogens with one attached hydrogen (secondary N) is 2. The van der Waals surface area contributed by atoms with Crippen LogP contribution in [0.1, 0.15) is 12.7 Å². The van der Waals surface area contributed by atoms with E-state index in [2.05, 4.69) is 15.3 Å². The Morgan fingerprint density at radius 3 is 2.70 bits per heavy atom. The Balaban J connectivity index is 2.74. The number of aromatic amines is 1. The van der Waals surface area contributed by atoms with Gasteiger partial charge in [-0.1, -0.05) is 0 Å². The summed E-state index contributed by atoms with van der Waals surface area (Å²) < 4.78 is 8.24. The molecule has 0 saturated carbocycles. The zero-order valence-electron chi connectivity index (χ0n) is 11.9. The molecule has 2 rings (SSSR count). The van der Waals surface area contributed by atoms with Crippen molar-refractivity contribution in [2.45, 2.75) is 26.6 Å². The molecule has 0 aliphatic carbocycles. The molecule has 20 heavy (non-hydrogen) atoms. The summed E-state index contributed by atoms with van der Waals surface area (Å²) in [6, 6.07) is 0. The van der Waals surface area contributed by atoms with Crippen LogP contribution >= 0.6 is 0 Å². The molecule has 0 unspecified atom stereocenters. The predicted molar refractivity (Wildman–Crippen MR) is 74.9 cm³/mol. The van der Waals surface area contributed by atoms with Crippen molar-refractivity contribution in [3.63, 3.8) is 0 Å². The van der Waals surface area contributed by atoms with Crippen LogP contribution in [0, 0.1) is 0 Å². The van der Waals surface area contributed by atoms with E-state index in [-0.39, 0.29) is 0 Å². The average Bonchev–Trinajstić information content (AvgIpc) is 2.77. The lowest BCUT2D eigenvalue weighted by Crippen LogP contribution is -2.32. The van der Waals surface area contributed by atoms with E-state index in [9.17, 15) is 9.59 Å². The average molecular weight is 281 g/mol. The van der Waals surface area contributed by atoms with Crippen LogP contribution in [0.5, 0.6) is 0 Å². The number of hydrogen-bond acceptors (Lipinski definition) is 5. The molecule has 110 valence electrons. The minimum absolute atomic E-state index is 0.350. The molecule has 0 aromatic carbocycles. The minimum atomic E-state index is -0.462. The first-order valence-electron chi connectivity index (χ1n) is 6.49. The van der Waals surface area contributed by atoms with Crippen LogP contribution in [-0.2, 0) is 24.4 Å². The highest BCUT2D eigenvalue weighted by molar-refractivity contribution is 5.70. The van der Waals surface area contributed by atoms with Crippen LogP contribution in [0.25, 0.3) is 11.2 Å². The molecule has 8 nitrogen and oxygen atoms in total. The van der Waals surface area contributed by atoms with Gasteiger partial charge in [0, 0.05) is 13.7 Å². The molecule has 0 fully saturated rings. The third-order valence-corrected chi connectivity index (χ3v) is 3.13. The van der Waals surface area contributed by atoms with Crippen molar-refractivity contribution in [2.24, 2.45) is 0 Å². The predicted octanol–water partition coefficient (Wildman–Crippen LogP) is -0.728.